The molecule has 14 heavy (non-hydrogen) atoms. The molecule has 1 aliphatic carbocycles. The van der Waals surface area contributed by atoms with Crippen LogP contribution in [0, 0.1) is 24.2 Å². The second-order valence-electron chi connectivity index (χ2n) is 4.55. The van der Waals surface area contributed by atoms with Crippen molar-refractivity contribution in [2.24, 2.45) is 17.7 Å². The lowest BCUT2D eigenvalue weighted by atomic mass is 9.77. The van der Waals surface area contributed by atoms with Gasteiger partial charge in [0.1, 0.15) is 0 Å². The second kappa shape index (κ2) is 6.06. The zero-order valence-corrected chi connectivity index (χ0v) is 9.13. The van der Waals surface area contributed by atoms with Crippen molar-refractivity contribution < 1.29 is 0 Å². The van der Waals surface area contributed by atoms with Gasteiger partial charge in [-0.15, -0.1) is 12.3 Å². The molecule has 3 unspecified atom stereocenters. The first kappa shape index (κ1) is 11.6. The van der Waals surface area contributed by atoms with Gasteiger partial charge < -0.3 is 0 Å². The van der Waals surface area contributed by atoms with Crippen LogP contribution in [-0.4, -0.2) is 6.04 Å². The summed E-state index contributed by atoms with van der Waals surface area (Å²) < 4.78 is 0. The van der Waals surface area contributed by atoms with Gasteiger partial charge in [0.2, 0.25) is 0 Å². The molecule has 0 amide bonds. The summed E-state index contributed by atoms with van der Waals surface area (Å²) in [6.45, 7) is 2.33. The van der Waals surface area contributed by atoms with Crippen LogP contribution in [0.2, 0.25) is 0 Å². The van der Waals surface area contributed by atoms with Gasteiger partial charge in [-0.25, -0.2) is 0 Å². The SMILES string of the molecule is C#CCCC(NN)C1CCCC(C)C1. The Morgan fingerprint density at radius 2 is 2.36 bits per heavy atom. The largest absolute Gasteiger partial charge is 0.271 e. The van der Waals surface area contributed by atoms with Crippen LogP contribution in [0.4, 0.5) is 0 Å². The molecular weight excluding hydrogens is 172 g/mol. The first-order valence-electron chi connectivity index (χ1n) is 5.67. The Hall–Kier alpha value is -0.520. The summed E-state index contributed by atoms with van der Waals surface area (Å²) in [4.78, 5) is 0. The molecule has 0 spiro atoms. The molecule has 2 nitrogen and oxygen atoms in total. The fourth-order valence-corrected chi connectivity index (χ4v) is 2.54. The Kier molecular flexibility index (Phi) is 5.00. The second-order valence-corrected chi connectivity index (χ2v) is 4.55. The standard InChI is InChI=1S/C12H22N2/c1-3-4-8-12(14-13)11-7-5-6-10(2)9-11/h1,10-12,14H,4-9,13H2,2H3. The summed E-state index contributed by atoms with van der Waals surface area (Å²) in [5.41, 5.74) is 2.93. The summed E-state index contributed by atoms with van der Waals surface area (Å²) in [6, 6.07) is 0.425. The van der Waals surface area contributed by atoms with Crippen molar-refractivity contribution >= 4 is 0 Å². The molecule has 3 atom stereocenters. The quantitative estimate of drug-likeness (QED) is 0.408. The molecule has 3 N–H and O–H groups in total. The smallest absolute Gasteiger partial charge is 0.0247 e. The highest BCUT2D eigenvalue weighted by Crippen LogP contribution is 2.31. The van der Waals surface area contributed by atoms with Crippen LogP contribution < -0.4 is 11.3 Å². The Balaban J connectivity index is 2.38. The topological polar surface area (TPSA) is 38.0 Å². The molecule has 0 aliphatic heterocycles. The van der Waals surface area contributed by atoms with Gasteiger partial charge in [0.05, 0.1) is 0 Å². The third kappa shape index (κ3) is 3.32. The molecular formula is C12H22N2. The van der Waals surface area contributed by atoms with E-state index in [0.717, 1.165) is 24.7 Å². The van der Waals surface area contributed by atoms with Crippen molar-refractivity contribution in [2.45, 2.75) is 51.5 Å². The Labute approximate surface area is 87.6 Å². The van der Waals surface area contributed by atoms with Crippen molar-refractivity contribution in [3.63, 3.8) is 0 Å². The van der Waals surface area contributed by atoms with E-state index in [9.17, 15) is 0 Å². The summed E-state index contributed by atoms with van der Waals surface area (Å²) in [7, 11) is 0. The number of nitrogens with one attached hydrogen (secondary N) is 1. The monoisotopic (exact) mass is 194 g/mol. The van der Waals surface area contributed by atoms with Crippen LogP contribution in [0.5, 0.6) is 0 Å². The van der Waals surface area contributed by atoms with Crippen molar-refractivity contribution in [1.82, 2.24) is 5.43 Å². The van der Waals surface area contributed by atoms with Crippen LogP contribution in [0.25, 0.3) is 0 Å². The average molecular weight is 194 g/mol. The van der Waals surface area contributed by atoms with Crippen LogP contribution in [0.3, 0.4) is 0 Å². The van der Waals surface area contributed by atoms with Crippen LogP contribution in [0.15, 0.2) is 0 Å². The maximum Gasteiger partial charge on any atom is 0.0247 e. The maximum atomic E-state index is 5.57. The number of nitrogens with two attached hydrogens (primary N) is 1. The van der Waals surface area contributed by atoms with E-state index >= 15 is 0 Å². The van der Waals surface area contributed by atoms with Gasteiger partial charge in [-0.1, -0.05) is 19.8 Å². The minimum atomic E-state index is 0.425. The van der Waals surface area contributed by atoms with Crippen LogP contribution >= 0.6 is 0 Å². The van der Waals surface area contributed by atoms with Gasteiger partial charge in [-0.05, 0) is 31.1 Å². The Bertz CT molecular complexity index is 195. The highest BCUT2D eigenvalue weighted by atomic mass is 15.2. The van der Waals surface area contributed by atoms with E-state index in [1.54, 1.807) is 0 Å². The zero-order chi connectivity index (χ0) is 10.4. The molecule has 0 aromatic heterocycles. The van der Waals surface area contributed by atoms with Crippen molar-refractivity contribution in [3.8, 4) is 12.3 Å². The first-order valence-corrected chi connectivity index (χ1v) is 5.67. The van der Waals surface area contributed by atoms with Gasteiger partial charge in [0.25, 0.3) is 0 Å². The summed E-state index contributed by atoms with van der Waals surface area (Å²) in [6.07, 6.45) is 12.5. The third-order valence-electron chi connectivity index (χ3n) is 3.36. The molecule has 1 aliphatic rings. The van der Waals surface area contributed by atoms with Gasteiger partial charge >= 0.3 is 0 Å². The van der Waals surface area contributed by atoms with Gasteiger partial charge in [-0.3, -0.25) is 11.3 Å². The fourth-order valence-electron chi connectivity index (χ4n) is 2.54. The lowest BCUT2D eigenvalue weighted by Gasteiger charge is -2.32. The summed E-state index contributed by atoms with van der Waals surface area (Å²) >= 11 is 0. The number of rotatable bonds is 4. The molecule has 1 saturated carbocycles. The fraction of sp³-hybridized carbons (Fsp3) is 0.833. The van der Waals surface area contributed by atoms with E-state index in [1.807, 2.05) is 0 Å². The normalized spacial score (nSPS) is 29.5. The number of hydrazine groups is 1. The predicted molar refractivity (Wildman–Crippen MR) is 60.3 cm³/mol. The summed E-state index contributed by atoms with van der Waals surface area (Å²) in [5, 5.41) is 0. The molecule has 80 valence electrons. The van der Waals surface area contributed by atoms with Crippen LogP contribution in [0.1, 0.15) is 45.4 Å². The molecule has 0 aromatic rings. The minimum absolute atomic E-state index is 0.425. The molecule has 1 rings (SSSR count). The van der Waals surface area contributed by atoms with Crippen molar-refractivity contribution in [3.05, 3.63) is 0 Å². The lowest BCUT2D eigenvalue weighted by molar-refractivity contribution is 0.217. The van der Waals surface area contributed by atoms with E-state index in [2.05, 4.69) is 18.3 Å². The number of terminal acetylenes is 1. The molecule has 0 radical (unpaired) electrons. The van der Waals surface area contributed by atoms with Crippen molar-refractivity contribution in [2.75, 3.05) is 0 Å². The Morgan fingerprint density at radius 3 is 2.93 bits per heavy atom. The van der Waals surface area contributed by atoms with Crippen LogP contribution in [-0.2, 0) is 0 Å². The van der Waals surface area contributed by atoms with E-state index < -0.39 is 0 Å². The molecule has 0 bridgehead atoms. The van der Waals surface area contributed by atoms with Gasteiger partial charge in [-0.2, -0.15) is 0 Å². The maximum absolute atomic E-state index is 5.57. The summed E-state index contributed by atoms with van der Waals surface area (Å²) in [5.74, 6) is 9.85. The molecule has 2 heteroatoms. The molecule has 0 aromatic carbocycles. The first-order chi connectivity index (χ1) is 6.77. The highest BCUT2D eigenvalue weighted by Gasteiger charge is 2.25. The zero-order valence-electron chi connectivity index (χ0n) is 9.13. The third-order valence-corrected chi connectivity index (χ3v) is 3.36. The van der Waals surface area contributed by atoms with E-state index in [0.29, 0.717) is 6.04 Å². The van der Waals surface area contributed by atoms with E-state index in [4.69, 9.17) is 12.3 Å². The molecule has 1 fully saturated rings. The average Bonchev–Trinajstić information content (AvgIpc) is 2.19. The molecule has 0 saturated heterocycles. The predicted octanol–water partition coefficient (Wildman–Crippen LogP) is 2.06. The van der Waals surface area contributed by atoms with Gasteiger partial charge in [0.15, 0.2) is 0 Å². The molecule has 0 heterocycles. The van der Waals surface area contributed by atoms with Gasteiger partial charge in [0, 0.05) is 12.5 Å². The van der Waals surface area contributed by atoms with E-state index in [-0.39, 0.29) is 0 Å². The van der Waals surface area contributed by atoms with E-state index in [1.165, 1.54) is 25.7 Å². The number of hydrogen-bond donors (Lipinski definition) is 2. The number of hydrogen-bond acceptors (Lipinski definition) is 2. The minimum Gasteiger partial charge on any atom is -0.271 e. The van der Waals surface area contributed by atoms with Crippen molar-refractivity contribution in [1.29, 1.82) is 0 Å². The Morgan fingerprint density at radius 1 is 1.57 bits per heavy atom. The lowest BCUT2D eigenvalue weighted by Crippen LogP contribution is -2.42. The highest BCUT2D eigenvalue weighted by molar-refractivity contribution is 4.88.